The van der Waals surface area contributed by atoms with Crippen molar-refractivity contribution >= 4 is 29.1 Å². The van der Waals surface area contributed by atoms with Crippen molar-refractivity contribution in [2.24, 2.45) is 0 Å². The van der Waals surface area contributed by atoms with Gasteiger partial charge in [-0.3, -0.25) is 10.1 Å². The molecule has 0 aliphatic rings. The third-order valence-corrected chi connectivity index (χ3v) is 6.88. The molecule has 0 saturated carbocycles. The van der Waals surface area contributed by atoms with Crippen LogP contribution in [0.5, 0.6) is 5.88 Å². The predicted molar refractivity (Wildman–Crippen MR) is 164 cm³/mol. The summed E-state index contributed by atoms with van der Waals surface area (Å²) in [5.41, 5.74) is -3.81. The predicted octanol–water partition coefficient (Wildman–Crippen LogP) is 8.15. The number of aromatic nitrogens is 1. The summed E-state index contributed by atoms with van der Waals surface area (Å²) < 4.78 is 85.7. The molecule has 0 aliphatic carbocycles. The lowest BCUT2D eigenvalue weighted by atomic mass is 10.0. The van der Waals surface area contributed by atoms with E-state index in [2.05, 4.69) is 10.3 Å². The van der Waals surface area contributed by atoms with E-state index in [1.807, 2.05) is 0 Å². The molecule has 2 aromatic carbocycles. The maximum absolute atomic E-state index is 14.7. The number of carbonyl (C=O) groups excluding carboxylic acids is 2. The monoisotopic (exact) mass is 682 g/mol. The molecule has 1 atom stereocenters. The molecule has 0 saturated heterocycles. The van der Waals surface area contributed by atoms with E-state index in [0.29, 0.717) is 12.1 Å². The Morgan fingerprint density at radius 1 is 1.06 bits per heavy atom. The Hall–Kier alpha value is -5.02. The zero-order valence-electron chi connectivity index (χ0n) is 27.0. The number of anilines is 2. The van der Waals surface area contributed by atoms with Crippen molar-refractivity contribution in [1.82, 2.24) is 9.88 Å². The van der Waals surface area contributed by atoms with Gasteiger partial charge in [-0.2, -0.15) is 13.2 Å². The van der Waals surface area contributed by atoms with E-state index in [0.717, 1.165) is 12.1 Å². The number of nitrogens with one attached hydrogen (secondary N) is 1. The summed E-state index contributed by atoms with van der Waals surface area (Å²) in [7, 11) is 1.35. The summed E-state index contributed by atoms with van der Waals surface area (Å²) in [4.78, 5) is 42.4. The van der Waals surface area contributed by atoms with Gasteiger partial charge >= 0.3 is 18.2 Å². The number of alkyl halides is 3. The van der Waals surface area contributed by atoms with Crippen molar-refractivity contribution in [1.29, 1.82) is 0 Å². The third kappa shape index (κ3) is 9.51. The molecule has 1 aromatic heterocycles. The van der Waals surface area contributed by atoms with Gasteiger partial charge in [0.2, 0.25) is 5.88 Å². The van der Waals surface area contributed by atoms with Crippen LogP contribution in [0.1, 0.15) is 74.3 Å². The number of esters is 1. The smallest absolute Gasteiger partial charge is 0.419 e. The number of hydrogen-bond acceptors (Lipinski definition) is 9. The average molecular weight is 683 g/mol. The molecule has 0 bridgehead atoms. The van der Waals surface area contributed by atoms with Crippen molar-refractivity contribution in [3.8, 4) is 5.88 Å². The van der Waals surface area contributed by atoms with Crippen LogP contribution in [0.15, 0.2) is 42.5 Å². The number of benzene rings is 2. The lowest BCUT2D eigenvalue weighted by Gasteiger charge is -2.33. The summed E-state index contributed by atoms with van der Waals surface area (Å²) in [6.45, 7) is 7.58. The van der Waals surface area contributed by atoms with E-state index >= 15 is 0 Å². The van der Waals surface area contributed by atoms with Crippen LogP contribution in [0.25, 0.3) is 0 Å². The van der Waals surface area contributed by atoms with Gasteiger partial charge in [0, 0.05) is 29.9 Å². The fourth-order valence-corrected chi connectivity index (χ4v) is 4.70. The number of halogens is 5. The molecule has 3 rings (SSSR count). The van der Waals surface area contributed by atoms with Crippen molar-refractivity contribution < 1.29 is 50.7 Å². The number of amides is 1. The fraction of sp³-hybridized carbons (Fsp3) is 0.406. The highest BCUT2D eigenvalue weighted by atomic mass is 19.4. The fourth-order valence-electron chi connectivity index (χ4n) is 4.70. The van der Waals surface area contributed by atoms with Gasteiger partial charge in [0.05, 0.1) is 41.5 Å². The van der Waals surface area contributed by atoms with Crippen LogP contribution in [-0.2, 0) is 22.1 Å². The number of aryl methyl sites for hydroxylation is 1. The van der Waals surface area contributed by atoms with E-state index in [1.54, 1.807) is 20.8 Å². The van der Waals surface area contributed by atoms with Crippen LogP contribution in [-0.4, -0.2) is 52.7 Å². The van der Waals surface area contributed by atoms with Gasteiger partial charge in [-0.25, -0.2) is 23.4 Å². The van der Waals surface area contributed by atoms with Crippen molar-refractivity contribution in [2.75, 3.05) is 25.6 Å². The highest BCUT2D eigenvalue weighted by Crippen LogP contribution is 2.38. The van der Waals surface area contributed by atoms with E-state index in [9.17, 15) is 41.7 Å². The first-order chi connectivity index (χ1) is 22.4. The zero-order chi connectivity index (χ0) is 36.0. The summed E-state index contributed by atoms with van der Waals surface area (Å²) >= 11 is 0. The lowest BCUT2D eigenvalue weighted by molar-refractivity contribution is -0.386. The molecule has 0 spiro atoms. The summed E-state index contributed by atoms with van der Waals surface area (Å²) in [6, 6.07) is 5.57. The van der Waals surface area contributed by atoms with Gasteiger partial charge in [0.1, 0.15) is 22.9 Å². The largest absolute Gasteiger partial charge is 0.481 e. The highest BCUT2D eigenvalue weighted by Gasteiger charge is 2.36. The molecule has 1 amide bonds. The second kappa shape index (κ2) is 15.3. The van der Waals surface area contributed by atoms with Gasteiger partial charge in [0.15, 0.2) is 0 Å². The van der Waals surface area contributed by atoms with Crippen LogP contribution in [0, 0.1) is 21.7 Å². The Labute approximate surface area is 273 Å². The summed E-state index contributed by atoms with van der Waals surface area (Å²) in [5.74, 6) is -3.44. The van der Waals surface area contributed by atoms with E-state index in [1.165, 1.54) is 44.1 Å². The Bertz CT molecular complexity index is 1660. The molecule has 16 heteroatoms. The first-order valence-electron chi connectivity index (χ1n) is 14.7. The Balaban J connectivity index is 2.06. The minimum Gasteiger partial charge on any atom is -0.481 e. The topological polar surface area (TPSA) is 133 Å². The van der Waals surface area contributed by atoms with Gasteiger partial charge in [-0.1, -0.05) is 0 Å². The molecule has 1 heterocycles. The van der Waals surface area contributed by atoms with E-state index < -0.39 is 63.3 Å². The lowest BCUT2D eigenvalue weighted by Crippen LogP contribution is -2.39. The van der Waals surface area contributed by atoms with Crippen LogP contribution in [0.2, 0.25) is 0 Å². The molecule has 260 valence electrons. The van der Waals surface area contributed by atoms with E-state index in [4.69, 9.17) is 14.2 Å². The number of hydrogen-bond donors (Lipinski definition) is 1. The minimum absolute atomic E-state index is 0.0203. The second-order valence-electron chi connectivity index (χ2n) is 11.5. The SMILES string of the molecule is CCOC(=O)c1cc(F)c(C(F)(F)F)cc1Nc1ccc(F)cc1C(C)N(CCCc1nc(OC)ccc1[N+](=O)[O-])C(=O)OC(C)(C)C. The molecule has 0 fully saturated rings. The first kappa shape index (κ1) is 37.4. The number of pyridine rings is 1. The Morgan fingerprint density at radius 2 is 1.75 bits per heavy atom. The quantitative estimate of drug-likeness (QED) is 0.0870. The molecule has 3 aromatic rings. The standard InChI is InChI=1S/C32H35F5N4O7/c1-7-47-29(42)21-16-23(34)22(32(35,36)37)17-26(21)38-24-11-10-19(33)15-20(24)18(2)40(30(43)48-31(3,4)5)14-8-9-25-27(41(44)45)12-13-28(39-25)46-6/h10-13,15-18,38H,7-9,14H2,1-6H3. The Kier molecular flexibility index (Phi) is 11.9. The van der Waals surface area contributed by atoms with Crippen molar-refractivity contribution in [3.05, 3.63) is 86.6 Å². The molecule has 1 unspecified atom stereocenters. The number of carbonyl (C=O) groups is 2. The Morgan fingerprint density at radius 3 is 2.33 bits per heavy atom. The third-order valence-electron chi connectivity index (χ3n) is 6.88. The average Bonchev–Trinajstić information content (AvgIpc) is 2.98. The van der Waals surface area contributed by atoms with Gasteiger partial charge in [-0.05, 0) is 77.8 Å². The zero-order valence-corrected chi connectivity index (χ0v) is 27.0. The molecule has 1 N–H and O–H groups in total. The highest BCUT2D eigenvalue weighted by molar-refractivity contribution is 5.97. The van der Waals surface area contributed by atoms with Crippen LogP contribution in [0.3, 0.4) is 0 Å². The summed E-state index contributed by atoms with van der Waals surface area (Å²) in [5, 5.41) is 14.3. The van der Waals surface area contributed by atoms with Crippen molar-refractivity contribution in [2.45, 2.75) is 65.3 Å². The first-order valence-corrected chi connectivity index (χ1v) is 14.7. The second-order valence-corrected chi connectivity index (χ2v) is 11.5. The normalized spacial score (nSPS) is 12.2. The maximum atomic E-state index is 14.7. The van der Waals surface area contributed by atoms with E-state index in [-0.39, 0.29) is 54.5 Å². The van der Waals surface area contributed by atoms with Gasteiger partial charge in [0.25, 0.3) is 5.69 Å². The number of methoxy groups -OCH3 is 1. The minimum atomic E-state index is -5.12. The number of ether oxygens (including phenoxy) is 3. The van der Waals surface area contributed by atoms with Gasteiger partial charge < -0.3 is 24.4 Å². The molecular weight excluding hydrogens is 647 g/mol. The van der Waals surface area contributed by atoms with Crippen LogP contribution < -0.4 is 10.1 Å². The number of nitrogens with zero attached hydrogens (tertiary/aromatic N) is 3. The van der Waals surface area contributed by atoms with Gasteiger partial charge in [-0.15, -0.1) is 0 Å². The molecule has 48 heavy (non-hydrogen) atoms. The van der Waals surface area contributed by atoms with Crippen LogP contribution >= 0.6 is 0 Å². The van der Waals surface area contributed by atoms with Crippen molar-refractivity contribution in [3.63, 3.8) is 0 Å². The number of nitro groups is 1. The van der Waals surface area contributed by atoms with Crippen LogP contribution in [0.4, 0.5) is 43.8 Å². The summed E-state index contributed by atoms with van der Waals surface area (Å²) in [6.07, 6.45) is -5.83. The molecular formula is C32H35F5N4O7. The molecule has 0 radical (unpaired) electrons. The molecule has 11 nitrogen and oxygen atoms in total. The number of rotatable bonds is 12. The maximum Gasteiger partial charge on any atom is 0.419 e. The molecule has 0 aliphatic heterocycles.